The van der Waals surface area contributed by atoms with E-state index in [1.54, 1.807) is 35.2 Å². The molecule has 1 saturated carbocycles. The summed E-state index contributed by atoms with van der Waals surface area (Å²) >= 11 is 0. The topological polar surface area (TPSA) is 113 Å². The van der Waals surface area contributed by atoms with Crippen molar-refractivity contribution in [2.24, 2.45) is 11.7 Å². The highest BCUT2D eigenvalue weighted by Gasteiger charge is 2.25. The molecular weight excluding hydrogens is 471 g/mol. The van der Waals surface area contributed by atoms with Crippen LogP contribution in [0.3, 0.4) is 0 Å². The number of nitrogens with two attached hydrogens (primary N) is 1. The first-order chi connectivity index (χ1) is 17.9. The molecule has 0 spiro atoms. The van der Waals surface area contributed by atoms with Crippen LogP contribution in [0.25, 0.3) is 16.8 Å². The Morgan fingerprint density at radius 3 is 2.81 bits per heavy atom. The Morgan fingerprint density at radius 1 is 1.14 bits per heavy atom. The van der Waals surface area contributed by atoms with Gasteiger partial charge in [0.2, 0.25) is 5.95 Å². The summed E-state index contributed by atoms with van der Waals surface area (Å²) in [5, 5.41) is 11.0. The Balaban J connectivity index is 1.32. The number of amides is 1. The number of aromatic nitrogens is 4. The van der Waals surface area contributed by atoms with Crippen molar-refractivity contribution in [3.05, 3.63) is 66.4 Å². The third-order valence-electron chi connectivity index (χ3n) is 6.88. The van der Waals surface area contributed by atoms with E-state index < -0.39 is 5.82 Å². The lowest BCUT2D eigenvalue weighted by atomic mass is 9.96. The van der Waals surface area contributed by atoms with Gasteiger partial charge in [0.25, 0.3) is 5.91 Å². The van der Waals surface area contributed by atoms with Gasteiger partial charge in [-0.3, -0.25) is 9.78 Å². The molecule has 2 aliphatic rings. The van der Waals surface area contributed by atoms with E-state index in [0.29, 0.717) is 23.1 Å². The van der Waals surface area contributed by atoms with Crippen LogP contribution in [0.4, 0.5) is 21.7 Å². The first-order valence-corrected chi connectivity index (χ1v) is 12.6. The standard InChI is InChI=1S/C27H29FN8O/c1-16-10-18(29)15-35(14-16)25-8-9-30-13-24(25)33-27-31-12-20-5-7-23(34-36(20)27)21-11-17(2-6-22(21)28)26(37)32-19-3-4-19/h2,5-9,11-13,16,18-19H,3-4,10,14-15,29H2,1H3,(H,31,33)(H,32,37). The zero-order valence-corrected chi connectivity index (χ0v) is 20.6. The van der Waals surface area contributed by atoms with Gasteiger partial charge in [-0.1, -0.05) is 6.92 Å². The number of piperidine rings is 1. The number of pyridine rings is 1. The van der Waals surface area contributed by atoms with Crippen LogP contribution in [-0.2, 0) is 0 Å². The molecule has 9 nitrogen and oxygen atoms in total. The smallest absolute Gasteiger partial charge is 0.251 e. The van der Waals surface area contributed by atoms with Crippen LogP contribution >= 0.6 is 0 Å². The Labute approximate surface area is 213 Å². The van der Waals surface area contributed by atoms with Crippen molar-refractivity contribution in [3.8, 4) is 11.3 Å². The molecule has 4 aromatic rings. The lowest BCUT2D eigenvalue weighted by Gasteiger charge is -2.37. The van der Waals surface area contributed by atoms with Gasteiger partial charge < -0.3 is 21.3 Å². The van der Waals surface area contributed by atoms with Gasteiger partial charge in [-0.2, -0.15) is 9.61 Å². The zero-order chi connectivity index (χ0) is 25.5. The number of hydrogen-bond acceptors (Lipinski definition) is 7. The van der Waals surface area contributed by atoms with Gasteiger partial charge in [-0.15, -0.1) is 0 Å². The molecule has 2 fully saturated rings. The molecule has 190 valence electrons. The summed E-state index contributed by atoms with van der Waals surface area (Å²) in [7, 11) is 0. The van der Waals surface area contributed by atoms with Crippen LogP contribution in [0.2, 0.25) is 0 Å². The number of anilines is 3. The van der Waals surface area contributed by atoms with Crippen LogP contribution < -0.4 is 21.3 Å². The zero-order valence-electron chi connectivity index (χ0n) is 20.6. The van der Waals surface area contributed by atoms with E-state index in [4.69, 9.17) is 5.73 Å². The number of carbonyl (C=O) groups is 1. The number of rotatable bonds is 6. The van der Waals surface area contributed by atoms with E-state index in [0.717, 1.165) is 49.2 Å². The second-order valence-electron chi connectivity index (χ2n) is 10.1. The van der Waals surface area contributed by atoms with Gasteiger partial charge >= 0.3 is 0 Å². The lowest BCUT2D eigenvalue weighted by molar-refractivity contribution is 0.0951. The van der Waals surface area contributed by atoms with Crippen LogP contribution in [0, 0.1) is 11.7 Å². The molecule has 1 aromatic carbocycles. The van der Waals surface area contributed by atoms with Crippen molar-refractivity contribution in [1.29, 1.82) is 0 Å². The van der Waals surface area contributed by atoms with E-state index in [-0.39, 0.29) is 23.6 Å². The third kappa shape index (κ3) is 4.84. The van der Waals surface area contributed by atoms with Gasteiger partial charge in [0, 0.05) is 42.5 Å². The molecule has 0 bridgehead atoms. The predicted molar refractivity (Wildman–Crippen MR) is 140 cm³/mol. The fourth-order valence-electron chi connectivity index (χ4n) is 4.95. The van der Waals surface area contributed by atoms with Crippen LogP contribution in [-0.4, -0.2) is 50.7 Å². The summed E-state index contributed by atoms with van der Waals surface area (Å²) in [5.74, 6) is 0.307. The summed E-state index contributed by atoms with van der Waals surface area (Å²) < 4.78 is 16.5. The van der Waals surface area contributed by atoms with Crippen molar-refractivity contribution in [2.75, 3.05) is 23.3 Å². The van der Waals surface area contributed by atoms with Gasteiger partial charge in [-0.25, -0.2) is 9.37 Å². The van der Waals surface area contributed by atoms with Crippen molar-refractivity contribution < 1.29 is 9.18 Å². The number of fused-ring (bicyclic) bond motifs is 1. The second kappa shape index (κ2) is 9.44. The molecule has 1 amide bonds. The monoisotopic (exact) mass is 500 g/mol. The van der Waals surface area contributed by atoms with Crippen LogP contribution in [0.15, 0.2) is 55.0 Å². The highest BCUT2D eigenvalue weighted by atomic mass is 19.1. The molecule has 10 heteroatoms. The number of imidazole rings is 1. The molecule has 2 atom stereocenters. The molecule has 4 heterocycles. The molecule has 2 unspecified atom stereocenters. The second-order valence-corrected chi connectivity index (χ2v) is 10.1. The van der Waals surface area contributed by atoms with Crippen molar-refractivity contribution in [1.82, 2.24) is 24.9 Å². The number of benzene rings is 1. The van der Waals surface area contributed by atoms with Crippen molar-refractivity contribution in [2.45, 2.75) is 38.3 Å². The minimum absolute atomic E-state index is 0.110. The SMILES string of the molecule is CC1CC(N)CN(c2ccncc2Nc2ncc3ccc(-c4cc(C(=O)NC5CC5)ccc4F)nn23)C1. The molecule has 1 aliphatic heterocycles. The Morgan fingerprint density at radius 2 is 2.00 bits per heavy atom. The molecule has 1 aliphatic carbocycles. The minimum atomic E-state index is -0.449. The molecule has 4 N–H and O–H groups in total. The number of carbonyl (C=O) groups excluding carboxylic acids is 1. The first-order valence-electron chi connectivity index (χ1n) is 12.6. The van der Waals surface area contributed by atoms with Crippen LogP contribution in [0.1, 0.15) is 36.5 Å². The molecule has 37 heavy (non-hydrogen) atoms. The van der Waals surface area contributed by atoms with E-state index in [2.05, 4.69) is 37.5 Å². The number of halogens is 1. The number of hydrogen-bond donors (Lipinski definition) is 3. The highest BCUT2D eigenvalue weighted by molar-refractivity contribution is 5.95. The number of nitrogens with zero attached hydrogens (tertiary/aromatic N) is 5. The third-order valence-corrected chi connectivity index (χ3v) is 6.88. The average Bonchev–Trinajstić information content (AvgIpc) is 3.62. The summed E-state index contributed by atoms with van der Waals surface area (Å²) in [5.41, 5.74) is 9.87. The first kappa shape index (κ1) is 23.4. The molecule has 1 saturated heterocycles. The normalized spacial score (nSPS) is 19.7. The maximum absolute atomic E-state index is 14.9. The van der Waals surface area contributed by atoms with E-state index in [9.17, 15) is 9.18 Å². The maximum Gasteiger partial charge on any atom is 0.251 e. The molecular formula is C27H29FN8O. The molecule has 6 rings (SSSR count). The lowest BCUT2D eigenvalue weighted by Crippen LogP contribution is -2.46. The van der Waals surface area contributed by atoms with E-state index >= 15 is 0 Å². The fourth-order valence-corrected chi connectivity index (χ4v) is 4.95. The van der Waals surface area contributed by atoms with Crippen molar-refractivity contribution >= 4 is 28.7 Å². The molecule has 3 aromatic heterocycles. The Hall–Kier alpha value is -4.05. The molecule has 0 radical (unpaired) electrons. The van der Waals surface area contributed by atoms with Crippen molar-refractivity contribution in [3.63, 3.8) is 0 Å². The van der Waals surface area contributed by atoms with Gasteiger partial charge in [-0.05, 0) is 61.6 Å². The predicted octanol–water partition coefficient (Wildman–Crippen LogP) is 3.74. The quantitative estimate of drug-likeness (QED) is 0.370. The fraction of sp³-hybridized carbons (Fsp3) is 0.333. The average molecular weight is 501 g/mol. The highest BCUT2D eigenvalue weighted by Crippen LogP contribution is 2.31. The Kier molecular flexibility index (Phi) is 5.96. The summed E-state index contributed by atoms with van der Waals surface area (Å²) in [6, 6.07) is 10.2. The van der Waals surface area contributed by atoms with E-state index in [1.807, 2.05) is 12.1 Å². The Bertz CT molecular complexity index is 1460. The maximum atomic E-state index is 14.9. The summed E-state index contributed by atoms with van der Waals surface area (Å²) in [4.78, 5) is 23.6. The van der Waals surface area contributed by atoms with E-state index in [1.165, 1.54) is 12.1 Å². The van der Waals surface area contributed by atoms with Gasteiger partial charge in [0.05, 0.1) is 35.0 Å². The van der Waals surface area contributed by atoms with Gasteiger partial charge in [0.1, 0.15) is 5.82 Å². The van der Waals surface area contributed by atoms with Gasteiger partial charge in [0.15, 0.2) is 0 Å². The largest absolute Gasteiger partial charge is 0.368 e. The van der Waals surface area contributed by atoms with Crippen LogP contribution in [0.5, 0.6) is 0 Å². The number of nitrogens with one attached hydrogen (secondary N) is 2. The summed E-state index contributed by atoms with van der Waals surface area (Å²) in [6.45, 7) is 3.87. The minimum Gasteiger partial charge on any atom is -0.368 e. The summed E-state index contributed by atoms with van der Waals surface area (Å²) in [6.07, 6.45) is 8.19.